The molecule has 0 atom stereocenters. The molecule has 2 aromatic carbocycles. The molecule has 0 bridgehead atoms. The van der Waals surface area contributed by atoms with Gasteiger partial charge in [0.25, 0.3) is 0 Å². The molecule has 27 heavy (non-hydrogen) atoms. The van der Waals surface area contributed by atoms with Crippen LogP contribution in [0.3, 0.4) is 0 Å². The fourth-order valence-electron chi connectivity index (χ4n) is 3.39. The second-order valence-corrected chi connectivity index (χ2v) is 8.40. The Morgan fingerprint density at radius 1 is 1.15 bits per heavy atom. The number of nitrogens with two attached hydrogens (primary N) is 1. The third-order valence-electron chi connectivity index (χ3n) is 5.10. The van der Waals surface area contributed by atoms with Gasteiger partial charge >= 0.3 is 5.97 Å². The summed E-state index contributed by atoms with van der Waals surface area (Å²) in [6, 6.07) is 15.4. The molecule has 0 amide bonds. The Bertz CT molecular complexity index is 1020. The van der Waals surface area contributed by atoms with Crippen LogP contribution in [0.5, 0.6) is 5.75 Å². The van der Waals surface area contributed by atoms with Crippen molar-refractivity contribution in [3.63, 3.8) is 0 Å². The van der Waals surface area contributed by atoms with Crippen molar-refractivity contribution in [3.05, 3.63) is 58.4 Å². The first-order valence-electron chi connectivity index (χ1n) is 8.52. The van der Waals surface area contributed by atoms with E-state index in [-0.39, 0.29) is 0 Å². The average Bonchev–Trinajstić information content (AvgIpc) is 3.41. The van der Waals surface area contributed by atoms with Crippen LogP contribution in [0.25, 0.3) is 21.6 Å². The highest BCUT2D eigenvalue weighted by Gasteiger charge is 2.51. The van der Waals surface area contributed by atoms with Crippen molar-refractivity contribution < 1.29 is 14.6 Å². The fourth-order valence-corrected chi connectivity index (χ4v) is 4.54. The van der Waals surface area contributed by atoms with Gasteiger partial charge in [0.05, 0.1) is 27.4 Å². The summed E-state index contributed by atoms with van der Waals surface area (Å²) >= 11 is 7.49. The number of methoxy groups -OCH3 is 1. The Hall–Kier alpha value is -2.50. The highest BCUT2D eigenvalue weighted by Crippen LogP contribution is 2.49. The molecule has 1 aromatic heterocycles. The van der Waals surface area contributed by atoms with Gasteiger partial charge in [0, 0.05) is 5.56 Å². The Morgan fingerprint density at radius 3 is 2.33 bits per heavy atom. The van der Waals surface area contributed by atoms with Gasteiger partial charge in [-0.3, -0.25) is 4.79 Å². The van der Waals surface area contributed by atoms with E-state index < -0.39 is 11.4 Å². The van der Waals surface area contributed by atoms with E-state index in [1.807, 2.05) is 42.5 Å². The SMILES string of the molecule is COc1cc(-c2sc(Cl)cc2N)ccc1-c1ccc(C2(C(=O)O)CC2)cc1. The Kier molecular flexibility index (Phi) is 4.36. The first-order chi connectivity index (χ1) is 12.9. The molecule has 0 unspecified atom stereocenters. The fraction of sp³-hybridized carbons (Fsp3) is 0.190. The number of hydrogen-bond acceptors (Lipinski definition) is 4. The number of carbonyl (C=O) groups is 1. The lowest BCUT2D eigenvalue weighted by Crippen LogP contribution is -2.19. The van der Waals surface area contributed by atoms with Crippen LogP contribution in [0.15, 0.2) is 48.5 Å². The van der Waals surface area contributed by atoms with Gasteiger partial charge in [-0.1, -0.05) is 48.0 Å². The molecule has 138 valence electrons. The number of rotatable bonds is 5. The minimum Gasteiger partial charge on any atom is -0.496 e. The third kappa shape index (κ3) is 3.07. The predicted octanol–water partition coefficient (Wildman–Crippen LogP) is 5.44. The van der Waals surface area contributed by atoms with Gasteiger partial charge in [-0.25, -0.2) is 0 Å². The summed E-state index contributed by atoms with van der Waals surface area (Å²) in [6.45, 7) is 0. The number of ether oxygens (including phenoxy) is 1. The molecule has 0 radical (unpaired) electrons. The van der Waals surface area contributed by atoms with Crippen LogP contribution >= 0.6 is 22.9 Å². The van der Waals surface area contributed by atoms with Crippen LogP contribution in [0.4, 0.5) is 5.69 Å². The molecule has 1 heterocycles. The molecule has 1 aliphatic rings. The first kappa shape index (κ1) is 17.9. The summed E-state index contributed by atoms with van der Waals surface area (Å²) < 4.78 is 6.24. The number of thiophene rings is 1. The lowest BCUT2D eigenvalue weighted by molar-refractivity contribution is -0.140. The number of nitrogen functional groups attached to an aromatic ring is 1. The van der Waals surface area contributed by atoms with Crippen molar-refractivity contribution in [2.45, 2.75) is 18.3 Å². The van der Waals surface area contributed by atoms with Crippen LogP contribution in [0.2, 0.25) is 4.34 Å². The maximum absolute atomic E-state index is 11.5. The quantitative estimate of drug-likeness (QED) is 0.599. The molecular formula is C21H18ClNO3S. The van der Waals surface area contributed by atoms with Crippen molar-refractivity contribution in [1.29, 1.82) is 0 Å². The van der Waals surface area contributed by atoms with E-state index in [1.165, 1.54) is 11.3 Å². The van der Waals surface area contributed by atoms with Crippen molar-refractivity contribution in [2.75, 3.05) is 12.8 Å². The number of aliphatic carboxylic acids is 1. The van der Waals surface area contributed by atoms with Crippen molar-refractivity contribution in [3.8, 4) is 27.3 Å². The molecule has 6 heteroatoms. The summed E-state index contributed by atoms with van der Waals surface area (Å²) in [5.74, 6) is -0.0204. The number of benzene rings is 2. The van der Waals surface area contributed by atoms with E-state index in [1.54, 1.807) is 13.2 Å². The zero-order chi connectivity index (χ0) is 19.2. The van der Waals surface area contributed by atoms with Crippen LogP contribution in [-0.2, 0) is 10.2 Å². The maximum Gasteiger partial charge on any atom is 0.314 e. The molecule has 4 nitrogen and oxygen atoms in total. The standard InChI is InChI=1S/C21H18ClNO3S/c1-26-17-10-13(19-16(23)11-18(22)27-19)4-7-15(17)12-2-5-14(6-3-12)21(8-9-21)20(24)25/h2-7,10-11H,8-9,23H2,1H3,(H,24,25). The zero-order valence-corrected chi connectivity index (χ0v) is 16.2. The second-order valence-electron chi connectivity index (χ2n) is 6.71. The van der Waals surface area contributed by atoms with Crippen LogP contribution < -0.4 is 10.5 Å². The van der Waals surface area contributed by atoms with E-state index in [2.05, 4.69) is 0 Å². The smallest absolute Gasteiger partial charge is 0.314 e. The van der Waals surface area contributed by atoms with Gasteiger partial charge in [0.15, 0.2) is 0 Å². The van der Waals surface area contributed by atoms with E-state index in [0.29, 0.717) is 22.9 Å². The van der Waals surface area contributed by atoms with Crippen molar-refractivity contribution in [2.24, 2.45) is 0 Å². The first-order valence-corrected chi connectivity index (χ1v) is 9.71. The lowest BCUT2D eigenvalue weighted by Gasteiger charge is -2.13. The highest BCUT2D eigenvalue weighted by atomic mass is 35.5. The summed E-state index contributed by atoms with van der Waals surface area (Å²) in [5, 5.41) is 9.45. The number of anilines is 1. The summed E-state index contributed by atoms with van der Waals surface area (Å²) in [5.41, 5.74) is 9.71. The van der Waals surface area contributed by atoms with E-state index in [4.69, 9.17) is 22.1 Å². The Morgan fingerprint density at radius 2 is 1.81 bits per heavy atom. The molecule has 0 saturated heterocycles. The van der Waals surface area contributed by atoms with Gasteiger partial charge < -0.3 is 15.6 Å². The van der Waals surface area contributed by atoms with Gasteiger partial charge in [-0.15, -0.1) is 11.3 Å². The summed E-state index contributed by atoms with van der Waals surface area (Å²) in [7, 11) is 1.63. The molecule has 1 saturated carbocycles. The van der Waals surface area contributed by atoms with Gasteiger partial charge in [-0.05, 0) is 41.7 Å². The molecule has 3 N–H and O–H groups in total. The van der Waals surface area contributed by atoms with E-state index in [9.17, 15) is 9.90 Å². The number of carboxylic acid groups (broad SMARTS) is 1. The number of halogens is 1. The minimum absolute atomic E-state index is 0.646. The summed E-state index contributed by atoms with van der Waals surface area (Å²) in [4.78, 5) is 12.4. The summed E-state index contributed by atoms with van der Waals surface area (Å²) in [6.07, 6.45) is 1.40. The van der Waals surface area contributed by atoms with Crippen LogP contribution in [0, 0.1) is 0 Å². The lowest BCUT2D eigenvalue weighted by atomic mass is 9.93. The molecule has 4 rings (SSSR count). The maximum atomic E-state index is 11.5. The van der Waals surface area contributed by atoms with Crippen molar-refractivity contribution >= 4 is 34.6 Å². The second kappa shape index (κ2) is 6.59. The largest absolute Gasteiger partial charge is 0.496 e. The third-order valence-corrected chi connectivity index (χ3v) is 6.43. The Labute approximate surface area is 166 Å². The molecular weight excluding hydrogens is 382 g/mol. The predicted molar refractivity (Wildman–Crippen MR) is 110 cm³/mol. The normalized spacial score (nSPS) is 14.7. The van der Waals surface area contributed by atoms with Crippen LogP contribution in [0.1, 0.15) is 18.4 Å². The average molecular weight is 400 g/mol. The monoisotopic (exact) mass is 399 g/mol. The van der Waals surface area contributed by atoms with Gasteiger partial charge in [-0.2, -0.15) is 0 Å². The minimum atomic E-state index is -0.746. The molecule has 1 aliphatic carbocycles. The molecule has 0 aliphatic heterocycles. The number of carboxylic acids is 1. The van der Waals surface area contributed by atoms with E-state index in [0.717, 1.165) is 32.9 Å². The van der Waals surface area contributed by atoms with Gasteiger partial charge in [0.2, 0.25) is 0 Å². The highest BCUT2D eigenvalue weighted by molar-refractivity contribution is 7.20. The Balaban J connectivity index is 1.70. The molecule has 3 aromatic rings. The zero-order valence-electron chi connectivity index (χ0n) is 14.7. The van der Waals surface area contributed by atoms with Gasteiger partial charge in [0.1, 0.15) is 5.75 Å². The van der Waals surface area contributed by atoms with E-state index >= 15 is 0 Å². The van der Waals surface area contributed by atoms with Crippen LogP contribution in [-0.4, -0.2) is 18.2 Å². The topological polar surface area (TPSA) is 72.5 Å². The molecule has 1 fully saturated rings. The number of hydrogen-bond donors (Lipinski definition) is 2. The van der Waals surface area contributed by atoms with Crippen molar-refractivity contribution in [1.82, 2.24) is 0 Å². The molecule has 0 spiro atoms.